The second-order valence-electron chi connectivity index (χ2n) is 7.24. The number of halogens is 1. The standard InChI is InChI=1S/C18H24ClN3O2/c1-18(2,3)24-17(23)21-10-6-7-13(12-21)22-15-9-5-4-8-14(15)20-16(22)11-19/h4-5,8-9,13H,6-7,10-12H2,1-3H3/t13-/m0/s1. The van der Waals surface area contributed by atoms with Gasteiger partial charge in [-0.15, -0.1) is 11.6 Å². The van der Waals surface area contributed by atoms with E-state index in [0.29, 0.717) is 12.4 Å². The highest BCUT2D eigenvalue weighted by atomic mass is 35.5. The van der Waals surface area contributed by atoms with Gasteiger partial charge in [-0.05, 0) is 45.7 Å². The molecule has 3 rings (SSSR count). The van der Waals surface area contributed by atoms with Gasteiger partial charge in [0.2, 0.25) is 0 Å². The van der Waals surface area contributed by atoms with Crippen LogP contribution in [0.2, 0.25) is 0 Å². The summed E-state index contributed by atoms with van der Waals surface area (Å²) in [5.74, 6) is 1.21. The van der Waals surface area contributed by atoms with Gasteiger partial charge in [0, 0.05) is 13.1 Å². The lowest BCUT2D eigenvalue weighted by Gasteiger charge is -2.35. The van der Waals surface area contributed by atoms with E-state index in [9.17, 15) is 4.79 Å². The van der Waals surface area contributed by atoms with Crippen molar-refractivity contribution in [1.82, 2.24) is 14.5 Å². The van der Waals surface area contributed by atoms with Gasteiger partial charge in [-0.25, -0.2) is 9.78 Å². The fourth-order valence-electron chi connectivity index (χ4n) is 3.25. The van der Waals surface area contributed by atoms with E-state index in [0.717, 1.165) is 36.2 Å². The summed E-state index contributed by atoms with van der Waals surface area (Å²) >= 11 is 6.12. The van der Waals surface area contributed by atoms with E-state index >= 15 is 0 Å². The highest BCUT2D eigenvalue weighted by molar-refractivity contribution is 6.16. The van der Waals surface area contributed by atoms with Crippen molar-refractivity contribution in [2.75, 3.05) is 13.1 Å². The SMILES string of the molecule is CC(C)(C)OC(=O)N1CCC[C@H](n2c(CCl)nc3ccccc32)C1. The topological polar surface area (TPSA) is 47.4 Å². The van der Waals surface area contributed by atoms with E-state index in [1.165, 1.54) is 0 Å². The highest BCUT2D eigenvalue weighted by Crippen LogP contribution is 2.29. The van der Waals surface area contributed by atoms with Crippen LogP contribution in [0, 0.1) is 0 Å². The molecule has 24 heavy (non-hydrogen) atoms. The van der Waals surface area contributed by atoms with Crippen LogP contribution in [-0.4, -0.2) is 39.2 Å². The molecule has 0 radical (unpaired) electrons. The van der Waals surface area contributed by atoms with E-state index in [1.54, 1.807) is 4.90 Å². The molecule has 5 nitrogen and oxygen atoms in total. The summed E-state index contributed by atoms with van der Waals surface area (Å²) in [5.41, 5.74) is 1.54. The molecule has 1 aromatic heterocycles. The van der Waals surface area contributed by atoms with Crippen LogP contribution < -0.4 is 0 Å². The van der Waals surface area contributed by atoms with Gasteiger partial charge in [-0.3, -0.25) is 0 Å². The van der Waals surface area contributed by atoms with Gasteiger partial charge >= 0.3 is 6.09 Å². The smallest absolute Gasteiger partial charge is 0.410 e. The minimum atomic E-state index is -0.479. The number of nitrogens with zero attached hydrogens (tertiary/aromatic N) is 3. The van der Waals surface area contributed by atoms with Crippen molar-refractivity contribution in [3.05, 3.63) is 30.1 Å². The predicted octanol–water partition coefficient (Wildman–Crippen LogP) is 4.35. The summed E-state index contributed by atoms with van der Waals surface area (Å²) in [6.45, 7) is 7.03. The van der Waals surface area contributed by atoms with Crippen molar-refractivity contribution in [1.29, 1.82) is 0 Å². The number of amides is 1. The molecule has 0 N–H and O–H groups in total. The first-order valence-electron chi connectivity index (χ1n) is 8.39. The second kappa shape index (κ2) is 6.63. The van der Waals surface area contributed by atoms with E-state index in [-0.39, 0.29) is 12.1 Å². The molecule has 0 bridgehead atoms. The van der Waals surface area contributed by atoms with Crippen LogP contribution in [0.5, 0.6) is 0 Å². The zero-order valence-electron chi connectivity index (χ0n) is 14.5. The molecular weight excluding hydrogens is 326 g/mol. The number of ether oxygens (including phenoxy) is 1. The maximum atomic E-state index is 12.4. The minimum Gasteiger partial charge on any atom is -0.444 e. The van der Waals surface area contributed by atoms with Crippen molar-refractivity contribution >= 4 is 28.7 Å². The van der Waals surface area contributed by atoms with Crippen LogP contribution in [-0.2, 0) is 10.6 Å². The number of fused-ring (bicyclic) bond motifs is 1. The molecule has 1 atom stereocenters. The fraction of sp³-hybridized carbons (Fsp3) is 0.556. The number of piperidine rings is 1. The van der Waals surface area contributed by atoms with Crippen molar-refractivity contribution in [2.45, 2.75) is 51.1 Å². The van der Waals surface area contributed by atoms with Gasteiger partial charge < -0.3 is 14.2 Å². The van der Waals surface area contributed by atoms with Crippen LogP contribution in [0.3, 0.4) is 0 Å². The van der Waals surface area contributed by atoms with Crippen molar-refractivity contribution in [2.24, 2.45) is 0 Å². The molecule has 1 aliphatic rings. The molecule has 2 aromatic rings. The Bertz CT molecular complexity index is 735. The van der Waals surface area contributed by atoms with Crippen LogP contribution >= 0.6 is 11.6 Å². The molecule has 130 valence electrons. The molecular formula is C18H24ClN3O2. The van der Waals surface area contributed by atoms with Crippen LogP contribution in [0.15, 0.2) is 24.3 Å². The maximum Gasteiger partial charge on any atom is 0.410 e. The number of hydrogen-bond donors (Lipinski definition) is 0. The van der Waals surface area contributed by atoms with Crippen LogP contribution in [0.1, 0.15) is 45.5 Å². The second-order valence-corrected chi connectivity index (χ2v) is 7.51. The first kappa shape index (κ1) is 17.1. The maximum absolute atomic E-state index is 12.4. The largest absolute Gasteiger partial charge is 0.444 e. The number of aromatic nitrogens is 2. The lowest BCUT2D eigenvalue weighted by atomic mass is 10.1. The number of hydrogen-bond acceptors (Lipinski definition) is 3. The Morgan fingerprint density at radius 2 is 2.12 bits per heavy atom. The Morgan fingerprint density at radius 3 is 2.83 bits per heavy atom. The average molecular weight is 350 g/mol. The molecule has 1 fully saturated rings. The molecule has 1 aromatic carbocycles. The Hall–Kier alpha value is -1.75. The Labute approximate surface area is 147 Å². The minimum absolute atomic E-state index is 0.174. The van der Waals surface area contributed by atoms with Crippen molar-refractivity contribution in [3.63, 3.8) is 0 Å². The van der Waals surface area contributed by atoms with Gasteiger partial charge in [0.05, 0.1) is 23.0 Å². The van der Waals surface area contributed by atoms with Crippen molar-refractivity contribution in [3.8, 4) is 0 Å². The lowest BCUT2D eigenvalue weighted by molar-refractivity contribution is 0.0173. The Morgan fingerprint density at radius 1 is 1.38 bits per heavy atom. The first-order chi connectivity index (χ1) is 11.4. The van der Waals surface area contributed by atoms with Gasteiger partial charge in [-0.1, -0.05) is 12.1 Å². The monoisotopic (exact) mass is 349 g/mol. The number of likely N-dealkylation sites (tertiary alicyclic amines) is 1. The number of carbonyl (C=O) groups is 1. The highest BCUT2D eigenvalue weighted by Gasteiger charge is 2.30. The zero-order chi connectivity index (χ0) is 17.3. The summed E-state index contributed by atoms with van der Waals surface area (Å²) in [6.07, 6.45) is 1.70. The molecule has 1 amide bonds. The van der Waals surface area contributed by atoms with E-state index in [2.05, 4.69) is 15.6 Å². The summed E-state index contributed by atoms with van der Waals surface area (Å²) in [6, 6.07) is 8.21. The first-order valence-corrected chi connectivity index (χ1v) is 8.92. The molecule has 0 spiro atoms. The number of benzene rings is 1. The molecule has 6 heteroatoms. The molecule has 1 aliphatic heterocycles. The van der Waals surface area contributed by atoms with Gasteiger partial charge in [0.15, 0.2) is 0 Å². The van der Waals surface area contributed by atoms with Gasteiger partial charge in [0.25, 0.3) is 0 Å². The van der Waals surface area contributed by atoms with E-state index in [1.807, 2.05) is 39.0 Å². The third-order valence-corrected chi connectivity index (χ3v) is 4.44. The zero-order valence-corrected chi connectivity index (χ0v) is 15.2. The Balaban J connectivity index is 1.86. The third-order valence-electron chi connectivity index (χ3n) is 4.20. The molecule has 0 saturated carbocycles. The quantitative estimate of drug-likeness (QED) is 0.757. The van der Waals surface area contributed by atoms with Crippen LogP contribution in [0.4, 0.5) is 4.79 Å². The summed E-state index contributed by atoms with van der Waals surface area (Å²) < 4.78 is 7.72. The number of alkyl halides is 1. The molecule has 1 saturated heterocycles. The van der Waals surface area contributed by atoms with Crippen molar-refractivity contribution < 1.29 is 9.53 Å². The van der Waals surface area contributed by atoms with Gasteiger partial charge in [0.1, 0.15) is 11.4 Å². The van der Waals surface area contributed by atoms with E-state index < -0.39 is 5.60 Å². The third kappa shape index (κ3) is 3.51. The van der Waals surface area contributed by atoms with E-state index in [4.69, 9.17) is 16.3 Å². The number of carbonyl (C=O) groups excluding carboxylic acids is 1. The normalized spacial score (nSPS) is 18.8. The molecule has 0 aliphatic carbocycles. The number of para-hydroxylation sites is 2. The molecule has 0 unspecified atom stereocenters. The molecule has 2 heterocycles. The number of imidazole rings is 1. The Kier molecular flexibility index (Phi) is 4.72. The summed E-state index contributed by atoms with van der Waals surface area (Å²) in [4.78, 5) is 18.8. The predicted molar refractivity (Wildman–Crippen MR) is 95.4 cm³/mol. The fourth-order valence-corrected chi connectivity index (χ4v) is 3.44. The summed E-state index contributed by atoms with van der Waals surface area (Å²) in [7, 11) is 0. The number of rotatable bonds is 2. The summed E-state index contributed by atoms with van der Waals surface area (Å²) in [5, 5.41) is 0. The van der Waals surface area contributed by atoms with Crippen LogP contribution in [0.25, 0.3) is 11.0 Å². The van der Waals surface area contributed by atoms with Gasteiger partial charge in [-0.2, -0.15) is 0 Å². The average Bonchev–Trinajstić information content (AvgIpc) is 2.92. The lowest BCUT2D eigenvalue weighted by Crippen LogP contribution is -2.43.